The molecule has 0 spiro atoms. The molecule has 1 N–H and O–H groups in total. The van der Waals surface area contributed by atoms with Crippen LogP contribution >= 0.6 is 0 Å². The Bertz CT molecular complexity index is 1090. The van der Waals surface area contributed by atoms with Crippen LogP contribution in [-0.2, 0) is 15.6 Å². The first-order valence-corrected chi connectivity index (χ1v) is 9.48. The number of nitrogens with one attached hydrogen (secondary N) is 1. The first-order valence-electron chi connectivity index (χ1n) is 7.82. The number of fused-ring (bicyclic) bond motifs is 1. The monoisotopic (exact) mass is 387 g/mol. The Morgan fingerprint density at radius 3 is 2.63 bits per heavy atom. The van der Waals surface area contributed by atoms with Crippen LogP contribution < -0.4 is 14.8 Å². The molecule has 1 amide bonds. The molecule has 3 aromatic rings. The Hall–Kier alpha value is -3.40. The number of rotatable bonds is 5. The van der Waals surface area contributed by atoms with E-state index in [0.717, 1.165) is 0 Å². The minimum atomic E-state index is -3.63. The summed E-state index contributed by atoms with van der Waals surface area (Å²) in [6, 6.07) is 12.4. The molecule has 0 bridgehead atoms. The molecule has 27 heavy (non-hydrogen) atoms. The SMILES string of the molecule is O=C(Nc1nnc(CS(=O)(=O)c2ccccc2)o1)c1ccc2c(c1)OCO2. The third-order valence-electron chi connectivity index (χ3n) is 3.74. The summed E-state index contributed by atoms with van der Waals surface area (Å²) in [7, 11) is -3.63. The maximum atomic E-state index is 12.3. The lowest BCUT2D eigenvalue weighted by Crippen LogP contribution is -2.12. The van der Waals surface area contributed by atoms with Gasteiger partial charge in [-0.3, -0.25) is 10.1 Å². The number of sulfone groups is 1. The van der Waals surface area contributed by atoms with Crippen LogP contribution in [0.25, 0.3) is 0 Å². The van der Waals surface area contributed by atoms with E-state index in [1.54, 1.807) is 30.3 Å². The average Bonchev–Trinajstić information content (AvgIpc) is 3.30. The minimum absolute atomic E-state index is 0.101. The van der Waals surface area contributed by atoms with Gasteiger partial charge in [0.05, 0.1) is 4.90 Å². The van der Waals surface area contributed by atoms with Gasteiger partial charge in [-0.2, -0.15) is 0 Å². The summed E-state index contributed by atoms with van der Waals surface area (Å²) in [4.78, 5) is 12.4. The fourth-order valence-electron chi connectivity index (χ4n) is 2.44. The van der Waals surface area contributed by atoms with Crippen molar-refractivity contribution in [2.75, 3.05) is 12.1 Å². The lowest BCUT2D eigenvalue weighted by atomic mass is 10.2. The number of carbonyl (C=O) groups is 1. The molecular weight excluding hydrogens is 374 g/mol. The number of hydrogen-bond donors (Lipinski definition) is 1. The number of ether oxygens (including phenoxy) is 2. The number of anilines is 1. The molecule has 0 aliphatic carbocycles. The summed E-state index contributed by atoms with van der Waals surface area (Å²) < 4.78 is 40.3. The number of hydrogen-bond acceptors (Lipinski definition) is 8. The fourth-order valence-corrected chi connectivity index (χ4v) is 3.62. The van der Waals surface area contributed by atoms with Gasteiger partial charge in [0.1, 0.15) is 5.75 Å². The zero-order valence-electron chi connectivity index (χ0n) is 13.8. The number of nitrogens with zero attached hydrogens (tertiary/aromatic N) is 2. The minimum Gasteiger partial charge on any atom is -0.454 e. The number of benzene rings is 2. The van der Waals surface area contributed by atoms with Crippen molar-refractivity contribution in [3.8, 4) is 11.5 Å². The van der Waals surface area contributed by atoms with Gasteiger partial charge in [0.25, 0.3) is 5.91 Å². The standard InChI is InChI=1S/C17H13N3O6S/c21-16(11-6-7-13-14(8-11)25-10-24-13)18-17-20-19-15(26-17)9-27(22,23)12-4-2-1-3-5-12/h1-8H,9-10H2,(H,18,20,21). The van der Waals surface area contributed by atoms with Crippen molar-refractivity contribution in [1.82, 2.24) is 10.2 Å². The summed E-state index contributed by atoms with van der Waals surface area (Å²) in [5.41, 5.74) is 0.302. The van der Waals surface area contributed by atoms with E-state index in [9.17, 15) is 13.2 Å². The summed E-state index contributed by atoms with van der Waals surface area (Å²) in [6.45, 7) is 0.101. The second-order valence-corrected chi connectivity index (χ2v) is 7.58. The van der Waals surface area contributed by atoms with Gasteiger partial charge < -0.3 is 13.9 Å². The lowest BCUT2D eigenvalue weighted by molar-refractivity contribution is 0.102. The van der Waals surface area contributed by atoms with Gasteiger partial charge in [-0.25, -0.2) is 8.42 Å². The highest BCUT2D eigenvalue weighted by Crippen LogP contribution is 2.32. The van der Waals surface area contributed by atoms with Gasteiger partial charge in [0.15, 0.2) is 21.3 Å². The summed E-state index contributed by atoms with van der Waals surface area (Å²) >= 11 is 0. The Balaban J connectivity index is 1.46. The Kier molecular flexibility index (Phi) is 4.24. The van der Waals surface area contributed by atoms with Crippen molar-refractivity contribution < 1.29 is 27.1 Å². The third-order valence-corrected chi connectivity index (χ3v) is 5.36. The molecule has 2 aromatic carbocycles. The van der Waals surface area contributed by atoms with Crippen molar-refractivity contribution in [3.63, 3.8) is 0 Å². The van der Waals surface area contributed by atoms with Gasteiger partial charge in [0, 0.05) is 5.56 Å². The van der Waals surface area contributed by atoms with Crippen molar-refractivity contribution in [2.45, 2.75) is 10.6 Å². The summed E-state index contributed by atoms with van der Waals surface area (Å²) in [5, 5.41) is 9.76. The molecule has 0 saturated carbocycles. The zero-order valence-corrected chi connectivity index (χ0v) is 14.6. The van der Waals surface area contributed by atoms with Crippen LogP contribution in [0.15, 0.2) is 57.8 Å². The van der Waals surface area contributed by atoms with Crippen LogP contribution in [0.1, 0.15) is 16.2 Å². The molecule has 4 rings (SSSR count). The first kappa shape index (κ1) is 17.0. The van der Waals surface area contributed by atoms with Crippen LogP contribution in [0, 0.1) is 0 Å². The Labute approximate surface area is 153 Å². The van der Waals surface area contributed by atoms with E-state index in [1.807, 2.05) is 0 Å². The molecule has 2 heterocycles. The predicted octanol–water partition coefficient (Wildman–Crippen LogP) is 2.02. The molecule has 0 fully saturated rings. The van der Waals surface area contributed by atoms with Crippen LogP contribution in [0.2, 0.25) is 0 Å². The van der Waals surface area contributed by atoms with E-state index >= 15 is 0 Å². The summed E-state index contributed by atoms with van der Waals surface area (Å²) in [6.07, 6.45) is 0. The van der Waals surface area contributed by atoms with Gasteiger partial charge >= 0.3 is 6.01 Å². The van der Waals surface area contributed by atoms with E-state index in [0.29, 0.717) is 17.1 Å². The molecular formula is C17H13N3O6S. The van der Waals surface area contributed by atoms with Crippen LogP contribution in [0.3, 0.4) is 0 Å². The van der Waals surface area contributed by atoms with E-state index < -0.39 is 21.5 Å². The highest BCUT2D eigenvalue weighted by molar-refractivity contribution is 7.90. The summed E-state index contributed by atoms with van der Waals surface area (Å²) in [5.74, 6) is -0.0842. The van der Waals surface area contributed by atoms with Crippen molar-refractivity contribution >= 4 is 21.8 Å². The molecule has 1 aliphatic rings. The quantitative estimate of drug-likeness (QED) is 0.706. The Morgan fingerprint density at radius 1 is 1.04 bits per heavy atom. The van der Waals surface area contributed by atoms with Gasteiger partial charge in [-0.05, 0) is 30.3 Å². The van der Waals surface area contributed by atoms with Gasteiger partial charge in [-0.1, -0.05) is 23.3 Å². The highest BCUT2D eigenvalue weighted by Gasteiger charge is 2.21. The first-order chi connectivity index (χ1) is 13.0. The fraction of sp³-hybridized carbons (Fsp3) is 0.118. The molecule has 0 radical (unpaired) electrons. The predicted molar refractivity (Wildman–Crippen MR) is 92.1 cm³/mol. The molecule has 138 valence electrons. The number of amides is 1. The zero-order chi connectivity index (χ0) is 18.9. The van der Waals surface area contributed by atoms with E-state index in [4.69, 9.17) is 13.9 Å². The molecule has 0 saturated heterocycles. The maximum absolute atomic E-state index is 12.3. The average molecular weight is 387 g/mol. The van der Waals surface area contributed by atoms with Crippen molar-refractivity contribution in [3.05, 3.63) is 60.0 Å². The largest absolute Gasteiger partial charge is 0.454 e. The molecule has 1 aromatic heterocycles. The van der Waals surface area contributed by atoms with E-state index in [1.165, 1.54) is 18.2 Å². The lowest BCUT2D eigenvalue weighted by Gasteiger charge is -2.02. The second-order valence-electron chi connectivity index (χ2n) is 5.60. The molecule has 1 aliphatic heterocycles. The highest BCUT2D eigenvalue weighted by atomic mass is 32.2. The Morgan fingerprint density at radius 2 is 1.81 bits per heavy atom. The van der Waals surface area contributed by atoms with Crippen molar-refractivity contribution in [2.24, 2.45) is 0 Å². The number of carbonyl (C=O) groups excluding carboxylic acids is 1. The molecule has 0 unspecified atom stereocenters. The van der Waals surface area contributed by atoms with E-state index in [2.05, 4.69) is 15.5 Å². The smallest absolute Gasteiger partial charge is 0.322 e. The topological polar surface area (TPSA) is 121 Å². The van der Waals surface area contributed by atoms with Gasteiger partial charge in [0.2, 0.25) is 12.7 Å². The van der Waals surface area contributed by atoms with E-state index in [-0.39, 0.29) is 23.6 Å². The van der Waals surface area contributed by atoms with Gasteiger partial charge in [-0.15, -0.1) is 5.10 Å². The molecule has 10 heteroatoms. The van der Waals surface area contributed by atoms with Crippen LogP contribution in [0.5, 0.6) is 11.5 Å². The van der Waals surface area contributed by atoms with Crippen LogP contribution in [-0.4, -0.2) is 31.3 Å². The molecule has 0 atom stereocenters. The maximum Gasteiger partial charge on any atom is 0.322 e. The van der Waals surface area contributed by atoms with Crippen LogP contribution in [0.4, 0.5) is 6.01 Å². The normalized spacial score (nSPS) is 12.7. The van der Waals surface area contributed by atoms with Crippen molar-refractivity contribution in [1.29, 1.82) is 0 Å². The second kappa shape index (κ2) is 6.72. The number of aromatic nitrogens is 2. The third kappa shape index (κ3) is 3.60. The molecule has 9 nitrogen and oxygen atoms in total.